The lowest BCUT2D eigenvalue weighted by molar-refractivity contribution is -0.117. The van der Waals surface area contributed by atoms with E-state index < -0.39 is 5.41 Å². The van der Waals surface area contributed by atoms with Crippen LogP contribution in [-0.2, 0) is 11.3 Å². The third kappa shape index (κ3) is 5.11. The Bertz CT molecular complexity index is 1520. The summed E-state index contributed by atoms with van der Waals surface area (Å²) in [5, 5.41) is 17.5. The van der Waals surface area contributed by atoms with Crippen molar-refractivity contribution in [2.24, 2.45) is 11.3 Å². The zero-order valence-corrected chi connectivity index (χ0v) is 21.4. The number of hydrogen-bond acceptors (Lipinski definition) is 6. The van der Waals surface area contributed by atoms with Crippen molar-refractivity contribution in [1.29, 1.82) is 5.26 Å². The fraction of sp³-hybridized carbons (Fsp3) is 0.333. The molecule has 4 aromatic rings. The molecule has 1 aliphatic heterocycles. The van der Waals surface area contributed by atoms with Crippen LogP contribution in [0.15, 0.2) is 67.0 Å². The van der Waals surface area contributed by atoms with Gasteiger partial charge in [-0.2, -0.15) is 10.4 Å². The molecule has 1 saturated carbocycles. The molecule has 0 unspecified atom stereocenters. The van der Waals surface area contributed by atoms with E-state index in [-0.39, 0.29) is 11.8 Å². The number of nitrogens with one attached hydrogen (secondary N) is 1. The largest absolute Gasteiger partial charge is 0.490 e. The van der Waals surface area contributed by atoms with E-state index in [0.29, 0.717) is 24.7 Å². The number of nitrogens with zero attached hydrogens (tertiary/aromatic N) is 5. The number of aryl methyl sites for hydroxylation is 1. The number of nitriles is 1. The van der Waals surface area contributed by atoms with E-state index in [9.17, 15) is 10.1 Å². The molecule has 2 fully saturated rings. The van der Waals surface area contributed by atoms with Gasteiger partial charge in [0.15, 0.2) is 5.82 Å². The van der Waals surface area contributed by atoms with Crippen LogP contribution in [0.5, 0.6) is 5.75 Å². The lowest BCUT2D eigenvalue weighted by Crippen LogP contribution is -2.31. The van der Waals surface area contributed by atoms with Gasteiger partial charge in [0.2, 0.25) is 5.91 Å². The van der Waals surface area contributed by atoms with Crippen LogP contribution in [0.2, 0.25) is 0 Å². The topological polar surface area (TPSA) is 95.5 Å². The van der Waals surface area contributed by atoms with E-state index in [1.54, 1.807) is 10.7 Å². The number of amides is 1. The van der Waals surface area contributed by atoms with E-state index in [4.69, 9.17) is 4.74 Å². The fourth-order valence-electron chi connectivity index (χ4n) is 5.08. The van der Waals surface area contributed by atoms with E-state index in [0.717, 1.165) is 54.7 Å². The lowest BCUT2D eigenvalue weighted by atomic mass is 9.90. The molecule has 1 amide bonds. The van der Waals surface area contributed by atoms with Crippen molar-refractivity contribution >= 4 is 17.2 Å². The second-order valence-corrected chi connectivity index (χ2v) is 10.5. The fourth-order valence-corrected chi connectivity index (χ4v) is 5.08. The number of aromatic nitrogens is 3. The van der Waals surface area contributed by atoms with Crippen molar-refractivity contribution < 1.29 is 9.53 Å². The number of hydrogen-bond donors (Lipinski definition) is 1. The molecule has 0 bridgehead atoms. The molecule has 1 aromatic carbocycles. The van der Waals surface area contributed by atoms with Gasteiger partial charge >= 0.3 is 0 Å². The molecule has 1 N–H and O–H groups in total. The summed E-state index contributed by atoms with van der Waals surface area (Å²) < 4.78 is 8.09. The second-order valence-electron chi connectivity index (χ2n) is 10.5. The standard InChI is InChI=1S/C30H30N6O2/c1-21-13-26(24-9-11-36-25(14-24)15-28(34-36)33-29(37)23-7-8-23)27(16-32-21)38-20-30(18-31)10-12-35(19-30)17-22-5-3-2-4-6-22/h2-6,9,11,13-16,23H,7-8,10,12,17,19-20H2,1H3,(H,33,34,37)/t30-/m1/s1. The number of carbonyl (C=O) groups excluding carboxylic acids is 1. The van der Waals surface area contributed by atoms with Gasteiger partial charge in [-0.15, -0.1) is 0 Å². The van der Waals surface area contributed by atoms with Crippen LogP contribution >= 0.6 is 0 Å². The second kappa shape index (κ2) is 9.92. The van der Waals surface area contributed by atoms with Crippen LogP contribution in [0.1, 0.15) is 30.5 Å². The molecule has 2 aliphatic rings. The first-order valence-corrected chi connectivity index (χ1v) is 13.1. The number of carbonyl (C=O) groups is 1. The number of ether oxygens (including phenoxy) is 1. The van der Waals surface area contributed by atoms with Gasteiger partial charge in [-0.1, -0.05) is 30.3 Å². The molecular weight excluding hydrogens is 476 g/mol. The Labute approximate surface area is 221 Å². The molecule has 192 valence electrons. The summed E-state index contributed by atoms with van der Waals surface area (Å²) >= 11 is 0. The van der Waals surface area contributed by atoms with Gasteiger partial charge in [0.05, 0.1) is 17.8 Å². The van der Waals surface area contributed by atoms with E-state index in [1.807, 2.05) is 55.6 Å². The molecule has 0 radical (unpaired) electrons. The Morgan fingerprint density at radius 3 is 2.84 bits per heavy atom. The Morgan fingerprint density at radius 1 is 1.21 bits per heavy atom. The van der Waals surface area contributed by atoms with Gasteiger partial charge < -0.3 is 10.1 Å². The maximum Gasteiger partial charge on any atom is 0.228 e. The Balaban J connectivity index is 1.19. The summed E-state index contributed by atoms with van der Waals surface area (Å²) in [6.07, 6.45) is 6.29. The molecule has 1 atom stereocenters. The molecule has 1 saturated heterocycles. The van der Waals surface area contributed by atoms with E-state index in [1.165, 1.54) is 5.56 Å². The lowest BCUT2D eigenvalue weighted by Gasteiger charge is -2.23. The van der Waals surface area contributed by atoms with Gasteiger partial charge in [0.25, 0.3) is 0 Å². The van der Waals surface area contributed by atoms with Gasteiger partial charge in [0, 0.05) is 49.1 Å². The summed E-state index contributed by atoms with van der Waals surface area (Å²) in [6.45, 7) is 4.62. The van der Waals surface area contributed by atoms with Crippen LogP contribution in [0, 0.1) is 29.6 Å². The minimum absolute atomic E-state index is 0.0368. The van der Waals surface area contributed by atoms with Crippen LogP contribution < -0.4 is 10.1 Å². The first-order chi connectivity index (χ1) is 18.5. The van der Waals surface area contributed by atoms with Crippen molar-refractivity contribution in [2.75, 3.05) is 25.0 Å². The van der Waals surface area contributed by atoms with Gasteiger partial charge in [0.1, 0.15) is 17.8 Å². The normalized spacial score (nSPS) is 19.4. The molecule has 38 heavy (non-hydrogen) atoms. The number of anilines is 1. The van der Waals surface area contributed by atoms with Crippen molar-refractivity contribution in [3.05, 3.63) is 78.2 Å². The maximum absolute atomic E-state index is 12.2. The minimum atomic E-state index is -0.568. The van der Waals surface area contributed by atoms with E-state index in [2.05, 4.69) is 38.5 Å². The highest BCUT2D eigenvalue weighted by Gasteiger charge is 2.39. The Kier molecular flexibility index (Phi) is 6.30. The minimum Gasteiger partial charge on any atom is -0.490 e. The molecule has 1 aliphatic carbocycles. The molecule has 3 aromatic heterocycles. The average Bonchev–Trinajstić information content (AvgIpc) is 3.60. The van der Waals surface area contributed by atoms with Crippen LogP contribution in [0.3, 0.4) is 0 Å². The molecule has 0 spiro atoms. The number of fused-ring (bicyclic) bond motifs is 1. The smallest absolute Gasteiger partial charge is 0.228 e. The van der Waals surface area contributed by atoms with Crippen molar-refractivity contribution in [3.8, 4) is 22.9 Å². The number of rotatable bonds is 8. The predicted octanol–water partition coefficient (Wildman–Crippen LogP) is 4.85. The Hall–Kier alpha value is -4.22. The van der Waals surface area contributed by atoms with Gasteiger partial charge in [-0.3, -0.25) is 14.7 Å². The molecule has 4 heterocycles. The SMILES string of the molecule is Cc1cc(-c2ccn3nc(NC(=O)C4CC4)cc3c2)c(OC[C@@]2(C#N)CCN(Cc3ccccc3)C2)cn1. The zero-order chi connectivity index (χ0) is 26.1. The summed E-state index contributed by atoms with van der Waals surface area (Å²) in [6, 6.07) is 20.8. The Morgan fingerprint density at radius 2 is 2.05 bits per heavy atom. The molecule has 8 nitrogen and oxygen atoms in total. The number of likely N-dealkylation sites (tertiary alicyclic amines) is 1. The maximum atomic E-state index is 12.2. The van der Waals surface area contributed by atoms with Gasteiger partial charge in [-0.25, -0.2) is 4.52 Å². The summed E-state index contributed by atoms with van der Waals surface area (Å²) in [4.78, 5) is 18.9. The first-order valence-electron chi connectivity index (χ1n) is 13.1. The third-order valence-corrected chi connectivity index (χ3v) is 7.40. The first kappa shape index (κ1) is 24.1. The van der Waals surface area contributed by atoms with Crippen LogP contribution in [-0.4, -0.2) is 45.1 Å². The van der Waals surface area contributed by atoms with Crippen molar-refractivity contribution in [2.45, 2.75) is 32.7 Å². The van der Waals surface area contributed by atoms with Crippen molar-refractivity contribution in [1.82, 2.24) is 19.5 Å². The van der Waals surface area contributed by atoms with E-state index >= 15 is 0 Å². The predicted molar refractivity (Wildman–Crippen MR) is 144 cm³/mol. The van der Waals surface area contributed by atoms with Crippen LogP contribution in [0.25, 0.3) is 16.6 Å². The van der Waals surface area contributed by atoms with Crippen molar-refractivity contribution in [3.63, 3.8) is 0 Å². The summed E-state index contributed by atoms with van der Waals surface area (Å²) in [5.41, 5.74) is 4.30. The number of pyridine rings is 2. The van der Waals surface area contributed by atoms with Gasteiger partial charge in [-0.05, 0) is 55.5 Å². The highest BCUT2D eigenvalue weighted by atomic mass is 16.5. The highest BCUT2D eigenvalue weighted by Crippen LogP contribution is 2.36. The summed E-state index contributed by atoms with van der Waals surface area (Å²) in [5.74, 6) is 1.36. The number of benzene rings is 1. The molecular formula is C30H30N6O2. The third-order valence-electron chi connectivity index (χ3n) is 7.40. The van der Waals surface area contributed by atoms with Crippen LogP contribution in [0.4, 0.5) is 5.82 Å². The highest BCUT2D eigenvalue weighted by molar-refractivity contribution is 5.93. The molecule has 8 heteroatoms. The zero-order valence-electron chi connectivity index (χ0n) is 21.4. The molecule has 6 rings (SSSR count). The summed E-state index contributed by atoms with van der Waals surface area (Å²) in [7, 11) is 0. The monoisotopic (exact) mass is 506 g/mol. The quantitative estimate of drug-likeness (QED) is 0.367. The average molecular weight is 507 g/mol.